The monoisotopic (exact) mass is 203 g/mol. The molecule has 1 aromatic heterocycles. The number of anilines is 1. The highest BCUT2D eigenvalue weighted by molar-refractivity contribution is 5.48. The lowest BCUT2D eigenvalue weighted by Crippen LogP contribution is -2.47. The average molecular weight is 203 g/mol. The molecule has 2 aliphatic rings. The number of piperidine rings is 1. The van der Waals surface area contributed by atoms with Gasteiger partial charge in [0.25, 0.3) is 0 Å². The van der Waals surface area contributed by atoms with E-state index in [1.54, 1.807) is 0 Å². The van der Waals surface area contributed by atoms with Gasteiger partial charge in [-0.1, -0.05) is 0 Å². The molecule has 3 heteroatoms. The van der Waals surface area contributed by atoms with E-state index in [9.17, 15) is 0 Å². The molecule has 0 aromatic carbocycles. The fourth-order valence-electron chi connectivity index (χ4n) is 3.15. The Labute approximate surface area is 90.3 Å². The molecule has 0 radical (unpaired) electrons. The predicted octanol–water partition coefficient (Wildman–Crippen LogP) is 1.54. The van der Waals surface area contributed by atoms with Gasteiger partial charge in [0.05, 0.1) is 11.9 Å². The molecule has 3 atom stereocenters. The summed E-state index contributed by atoms with van der Waals surface area (Å²) in [5.74, 6) is 0. The summed E-state index contributed by atoms with van der Waals surface area (Å²) in [6, 6.07) is 5.90. The lowest BCUT2D eigenvalue weighted by molar-refractivity contribution is 0.414. The first-order valence-corrected chi connectivity index (χ1v) is 5.78. The zero-order valence-corrected chi connectivity index (χ0v) is 8.84. The van der Waals surface area contributed by atoms with Gasteiger partial charge >= 0.3 is 0 Å². The Kier molecular flexibility index (Phi) is 2.13. The number of rotatable bonds is 1. The van der Waals surface area contributed by atoms with Crippen molar-refractivity contribution >= 4 is 5.69 Å². The third-order valence-corrected chi connectivity index (χ3v) is 3.71. The Morgan fingerprint density at radius 2 is 2.00 bits per heavy atom. The summed E-state index contributed by atoms with van der Waals surface area (Å²) in [7, 11) is 0. The van der Waals surface area contributed by atoms with E-state index in [1.165, 1.54) is 18.5 Å². The molecule has 3 heterocycles. The number of pyridine rings is 1. The molecule has 1 aromatic rings. The number of fused-ring (bicyclic) bond motifs is 2. The summed E-state index contributed by atoms with van der Waals surface area (Å²) >= 11 is 0. The van der Waals surface area contributed by atoms with Crippen molar-refractivity contribution in [1.82, 2.24) is 4.98 Å². The van der Waals surface area contributed by atoms with Crippen LogP contribution in [0.5, 0.6) is 0 Å². The van der Waals surface area contributed by atoms with Crippen LogP contribution in [0.15, 0.2) is 24.5 Å². The Morgan fingerprint density at radius 1 is 1.27 bits per heavy atom. The van der Waals surface area contributed by atoms with E-state index in [0.29, 0.717) is 18.1 Å². The standard InChI is InChI=1S/C12H17N3/c13-9-6-10-3-4-11(7-9)15(10)12-2-1-5-14-8-12/h1-2,5,8-11H,3-4,6-7,13H2/t9?,10-,11+. The molecule has 0 aliphatic carbocycles. The third-order valence-electron chi connectivity index (χ3n) is 3.71. The summed E-state index contributed by atoms with van der Waals surface area (Å²) in [6.07, 6.45) is 8.70. The van der Waals surface area contributed by atoms with Crippen molar-refractivity contribution in [2.45, 2.75) is 43.8 Å². The minimum absolute atomic E-state index is 0.412. The predicted molar refractivity (Wildman–Crippen MR) is 60.7 cm³/mol. The van der Waals surface area contributed by atoms with Gasteiger partial charge in [-0.25, -0.2) is 0 Å². The van der Waals surface area contributed by atoms with Crippen molar-refractivity contribution in [3.8, 4) is 0 Å². The molecule has 2 N–H and O–H groups in total. The van der Waals surface area contributed by atoms with E-state index in [-0.39, 0.29) is 0 Å². The van der Waals surface area contributed by atoms with E-state index in [2.05, 4.69) is 16.0 Å². The second-order valence-electron chi connectivity index (χ2n) is 4.73. The van der Waals surface area contributed by atoms with E-state index < -0.39 is 0 Å². The maximum atomic E-state index is 6.05. The van der Waals surface area contributed by atoms with Crippen molar-refractivity contribution < 1.29 is 0 Å². The van der Waals surface area contributed by atoms with Crippen LogP contribution in [0, 0.1) is 0 Å². The molecule has 0 saturated carbocycles. The van der Waals surface area contributed by atoms with Gasteiger partial charge in [-0.2, -0.15) is 0 Å². The molecule has 15 heavy (non-hydrogen) atoms. The zero-order valence-electron chi connectivity index (χ0n) is 8.84. The minimum Gasteiger partial charge on any atom is -0.364 e. The molecule has 3 rings (SSSR count). The highest BCUT2D eigenvalue weighted by atomic mass is 15.2. The van der Waals surface area contributed by atoms with Gasteiger partial charge < -0.3 is 10.6 Å². The quantitative estimate of drug-likeness (QED) is 0.752. The van der Waals surface area contributed by atoms with Gasteiger partial charge in [-0.15, -0.1) is 0 Å². The van der Waals surface area contributed by atoms with Gasteiger partial charge in [-0.05, 0) is 37.8 Å². The van der Waals surface area contributed by atoms with Crippen LogP contribution >= 0.6 is 0 Å². The summed E-state index contributed by atoms with van der Waals surface area (Å²) in [5, 5.41) is 0. The Hall–Kier alpha value is -1.09. The minimum atomic E-state index is 0.412. The molecule has 2 aliphatic heterocycles. The molecular formula is C12H17N3. The van der Waals surface area contributed by atoms with E-state index in [4.69, 9.17) is 5.73 Å². The van der Waals surface area contributed by atoms with E-state index >= 15 is 0 Å². The molecule has 2 fully saturated rings. The Morgan fingerprint density at radius 3 is 2.60 bits per heavy atom. The van der Waals surface area contributed by atoms with Gasteiger partial charge in [0, 0.05) is 24.3 Å². The zero-order chi connectivity index (χ0) is 10.3. The maximum Gasteiger partial charge on any atom is 0.0557 e. The Bertz CT molecular complexity index is 324. The van der Waals surface area contributed by atoms with Crippen LogP contribution in [0.3, 0.4) is 0 Å². The summed E-state index contributed by atoms with van der Waals surface area (Å²) in [5.41, 5.74) is 7.33. The van der Waals surface area contributed by atoms with Crippen LogP contribution in [0.4, 0.5) is 5.69 Å². The second-order valence-corrected chi connectivity index (χ2v) is 4.73. The number of hydrogen-bond acceptors (Lipinski definition) is 3. The fourth-order valence-corrected chi connectivity index (χ4v) is 3.15. The lowest BCUT2D eigenvalue weighted by atomic mass is 9.98. The van der Waals surface area contributed by atoms with Crippen LogP contribution in [0.2, 0.25) is 0 Å². The lowest BCUT2D eigenvalue weighted by Gasteiger charge is -2.39. The third kappa shape index (κ3) is 1.51. The van der Waals surface area contributed by atoms with Crippen molar-refractivity contribution in [2.75, 3.05) is 4.90 Å². The van der Waals surface area contributed by atoms with Crippen LogP contribution in [0.1, 0.15) is 25.7 Å². The first kappa shape index (κ1) is 9.16. The average Bonchev–Trinajstić information content (AvgIpc) is 2.53. The van der Waals surface area contributed by atoms with E-state index in [1.807, 2.05) is 18.5 Å². The first-order valence-electron chi connectivity index (χ1n) is 5.78. The van der Waals surface area contributed by atoms with Gasteiger partial charge in [0.2, 0.25) is 0 Å². The molecule has 1 unspecified atom stereocenters. The molecule has 2 bridgehead atoms. The van der Waals surface area contributed by atoms with E-state index in [0.717, 1.165) is 12.8 Å². The molecular weight excluding hydrogens is 186 g/mol. The van der Waals surface area contributed by atoms with Gasteiger partial charge in [0.15, 0.2) is 0 Å². The number of aromatic nitrogens is 1. The highest BCUT2D eigenvalue weighted by Crippen LogP contribution is 2.38. The van der Waals surface area contributed by atoms with Gasteiger partial charge in [0.1, 0.15) is 0 Å². The highest BCUT2D eigenvalue weighted by Gasteiger charge is 2.39. The van der Waals surface area contributed by atoms with Crippen LogP contribution < -0.4 is 10.6 Å². The Balaban J connectivity index is 1.89. The smallest absolute Gasteiger partial charge is 0.0557 e. The molecule has 80 valence electrons. The SMILES string of the molecule is NC1C[C@H]2CC[C@@H](C1)N2c1cccnc1. The van der Waals surface area contributed by atoms with Gasteiger partial charge in [-0.3, -0.25) is 4.98 Å². The maximum absolute atomic E-state index is 6.05. The first-order chi connectivity index (χ1) is 7.34. The number of nitrogens with zero attached hydrogens (tertiary/aromatic N) is 2. The molecule has 0 amide bonds. The summed E-state index contributed by atoms with van der Waals surface area (Å²) in [6.45, 7) is 0. The molecule has 3 nitrogen and oxygen atoms in total. The largest absolute Gasteiger partial charge is 0.364 e. The van der Waals surface area contributed by atoms with Crippen LogP contribution in [-0.2, 0) is 0 Å². The van der Waals surface area contributed by atoms with Crippen molar-refractivity contribution in [3.05, 3.63) is 24.5 Å². The molecule has 0 spiro atoms. The normalized spacial score (nSPS) is 34.5. The summed E-state index contributed by atoms with van der Waals surface area (Å²) in [4.78, 5) is 6.74. The number of nitrogens with two attached hydrogens (primary N) is 1. The van der Waals surface area contributed by atoms with Crippen molar-refractivity contribution in [2.24, 2.45) is 5.73 Å². The topological polar surface area (TPSA) is 42.1 Å². The van der Waals surface area contributed by atoms with Crippen LogP contribution in [-0.4, -0.2) is 23.1 Å². The van der Waals surface area contributed by atoms with Crippen molar-refractivity contribution in [3.63, 3.8) is 0 Å². The number of hydrogen-bond donors (Lipinski definition) is 1. The second kappa shape index (κ2) is 3.49. The summed E-state index contributed by atoms with van der Waals surface area (Å²) < 4.78 is 0. The van der Waals surface area contributed by atoms with Crippen LogP contribution in [0.25, 0.3) is 0 Å². The molecule has 2 saturated heterocycles. The van der Waals surface area contributed by atoms with Crippen molar-refractivity contribution in [1.29, 1.82) is 0 Å². The fraction of sp³-hybridized carbons (Fsp3) is 0.583.